The van der Waals surface area contributed by atoms with Gasteiger partial charge >= 0.3 is 6.09 Å². The van der Waals surface area contributed by atoms with Crippen LogP contribution in [0, 0.1) is 0 Å². The van der Waals surface area contributed by atoms with Gasteiger partial charge in [-0.25, -0.2) is 9.78 Å². The molecule has 1 aliphatic heterocycles. The van der Waals surface area contributed by atoms with Crippen molar-refractivity contribution in [1.29, 1.82) is 0 Å². The minimum atomic E-state index is -0.404. The van der Waals surface area contributed by atoms with E-state index in [0.29, 0.717) is 37.6 Å². The van der Waals surface area contributed by atoms with Crippen molar-refractivity contribution in [3.8, 4) is 11.5 Å². The lowest BCUT2D eigenvalue weighted by molar-refractivity contribution is -0.0707. The summed E-state index contributed by atoms with van der Waals surface area (Å²) in [5.74, 6) is 0.594. The van der Waals surface area contributed by atoms with Crippen LogP contribution in [0.3, 0.4) is 0 Å². The van der Waals surface area contributed by atoms with E-state index in [1.165, 1.54) is 6.39 Å². The Hall–Kier alpha value is -4.79. The molecule has 6 rings (SSSR count). The van der Waals surface area contributed by atoms with Gasteiger partial charge in [0.2, 0.25) is 0 Å². The Labute approximate surface area is 250 Å². The van der Waals surface area contributed by atoms with Gasteiger partial charge in [0, 0.05) is 6.20 Å². The fourth-order valence-electron chi connectivity index (χ4n) is 5.28. The highest BCUT2D eigenvalue weighted by Crippen LogP contribution is 2.30. The van der Waals surface area contributed by atoms with Gasteiger partial charge in [0.05, 0.1) is 32.0 Å². The molecule has 0 N–H and O–H groups in total. The normalized spacial score (nSPS) is 18.0. The van der Waals surface area contributed by atoms with Crippen molar-refractivity contribution in [2.24, 2.45) is 0 Å². The molecule has 218 valence electrons. The lowest BCUT2D eigenvalue weighted by Crippen LogP contribution is -2.42. The van der Waals surface area contributed by atoms with E-state index < -0.39 is 12.2 Å². The van der Waals surface area contributed by atoms with Crippen LogP contribution in [-0.4, -0.2) is 45.8 Å². The van der Waals surface area contributed by atoms with E-state index in [2.05, 4.69) is 9.97 Å². The standard InChI is InChI=1S/C35H33N3O5/c39-35(42-24-28-14-8-3-9-15-28)38-21-33(40-22-26-10-4-1-5-11-26)34(41-23-27-12-6-2-7-13-27)31(38)18-29-16-17-30(37-19-29)32-20-36-25-43-32/h1-17,19-20,25,31,33-34H,18,21-24H2/t31-,33+,34+/m1/s1. The summed E-state index contributed by atoms with van der Waals surface area (Å²) in [5.41, 5.74) is 4.66. The third kappa shape index (κ3) is 7.35. The van der Waals surface area contributed by atoms with Crippen molar-refractivity contribution in [1.82, 2.24) is 14.9 Å². The SMILES string of the molecule is O=C(OCc1ccccc1)N1C[C@H](OCc2ccccc2)[C@@H](OCc2ccccc2)[C@H]1Cc1ccc(-c2cnco2)nc1. The number of pyridine rings is 1. The molecule has 1 aliphatic rings. The minimum absolute atomic E-state index is 0.182. The van der Waals surface area contributed by atoms with Crippen molar-refractivity contribution in [3.05, 3.63) is 144 Å². The molecule has 2 aromatic heterocycles. The Kier molecular flexibility index (Phi) is 9.17. The van der Waals surface area contributed by atoms with Gasteiger partial charge in [-0.05, 0) is 34.7 Å². The second kappa shape index (κ2) is 13.9. The molecule has 43 heavy (non-hydrogen) atoms. The van der Waals surface area contributed by atoms with E-state index in [0.717, 1.165) is 22.3 Å². The summed E-state index contributed by atoms with van der Waals surface area (Å²) in [6, 6.07) is 33.2. The van der Waals surface area contributed by atoms with Crippen LogP contribution in [0.5, 0.6) is 0 Å². The maximum absolute atomic E-state index is 13.6. The topological polar surface area (TPSA) is 86.9 Å². The molecule has 3 aromatic carbocycles. The van der Waals surface area contributed by atoms with Crippen LogP contribution in [0.2, 0.25) is 0 Å². The molecule has 0 bridgehead atoms. The highest BCUT2D eigenvalue weighted by atomic mass is 16.6. The van der Waals surface area contributed by atoms with Gasteiger partial charge in [-0.3, -0.25) is 9.88 Å². The molecular weight excluding hydrogens is 542 g/mol. The van der Waals surface area contributed by atoms with Crippen LogP contribution in [0.15, 0.2) is 126 Å². The summed E-state index contributed by atoms with van der Waals surface area (Å²) in [7, 11) is 0. The van der Waals surface area contributed by atoms with Crippen molar-refractivity contribution in [3.63, 3.8) is 0 Å². The number of likely N-dealkylation sites (tertiary alicyclic amines) is 1. The summed E-state index contributed by atoms with van der Waals surface area (Å²) in [5, 5.41) is 0. The summed E-state index contributed by atoms with van der Waals surface area (Å²) in [4.78, 5) is 23.9. The van der Waals surface area contributed by atoms with Crippen molar-refractivity contribution in [2.75, 3.05) is 6.54 Å². The summed E-state index contributed by atoms with van der Waals surface area (Å²) >= 11 is 0. The predicted molar refractivity (Wildman–Crippen MR) is 161 cm³/mol. The average Bonchev–Trinajstić information content (AvgIpc) is 3.72. The van der Waals surface area contributed by atoms with E-state index in [-0.39, 0.29) is 18.8 Å². The quantitative estimate of drug-likeness (QED) is 0.178. The zero-order chi connectivity index (χ0) is 29.3. The van der Waals surface area contributed by atoms with Gasteiger partial charge in [-0.15, -0.1) is 0 Å². The molecule has 0 aliphatic carbocycles. The highest BCUT2D eigenvalue weighted by molar-refractivity contribution is 5.69. The maximum Gasteiger partial charge on any atom is 0.410 e. The van der Waals surface area contributed by atoms with Crippen molar-refractivity contribution in [2.45, 2.75) is 44.5 Å². The molecule has 0 spiro atoms. The first-order valence-corrected chi connectivity index (χ1v) is 14.3. The zero-order valence-electron chi connectivity index (χ0n) is 23.7. The van der Waals surface area contributed by atoms with Crippen molar-refractivity contribution >= 4 is 6.09 Å². The number of rotatable bonds is 11. The van der Waals surface area contributed by atoms with Crippen molar-refractivity contribution < 1.29 is 23.4 Å². The van der Waals surface area contributed by atoms with Crippen LogP contribution in [0.25, 0.3) is 11.5 Å². The molecule has 0 radical (unpaired) electrons. The number of aromatic nitrogens is 2. The molecule has 3 heterocycles. The smallest absolute Gasteiger partial charge is 0.410 e. The second-order valence-corrected chi connectivity index (χ2v) is 10.5. The number of oxazole rings is 1. The number of nitrogens with zero attached hydrogens (tertiary/aromatic N) is 3. The van der Waals surface area contributed by atoms with Gasteiger partial charge in [0.1, 0.15) is 24.5 Å². The Morgan fingerprint density at radius 3 is 1.95 bits per heavy atom. The molecule has 8 heteroatoms. The number of amides is 1. The van der Waals surface area contributed by atoms with Crippen LogP contribution in [-0.2, 0) is 40.5 Å². The van der Waals surface area contributed by atoms with E-state index in [4.69, 9.17) is 18.6 Å². The van der Waals surface area contributed by atoms with E-state index in [1.54, 1.807) is 17.3 Å². The molecule has 0 saturated carbocycles. The fourth-order valence-corrected chi connectivity index (χ4v) is 5.28. The highest BCUT2D eigenvalue weighted by Gasteiger charge is 2.46. The molecule has 1 fully saturated rings. The number of carbonyl (C=O) groups excluding carboxylic acids is 1. The molecular formula is C35H33N3O5. The first kappa shape index (κ1) is 28.3. The van der Waals surface area contributed by atoms with Crippen LogP contribution < -0.4 is 0 Å². The lowest BCUT2D eigenvalue weighted by atomic mass is 10.0. The van der Waals surface area contributed by atoms with Gasteiger partial charge in [0.25, 0.3) is 0 Å². The molecule has 1 saturated heterocycles. The number of hydrogen-bond acceptors (Lipinski definition) is 7. The Balaban J connectivity index is 1.25. The molecule has 5 aromatic rings. The monoisotopic (exact) mass is 575 g/mol. The maximum atomic E-state index is 13.6. The van der Waals surface area contributed by atoms with Crippen LogP contribution in [0.1, 0.15) is 22.3 Å². The first-order chi connectivity index (χ1) is 21.2. The summed E-state index contributed by atoms with van der Waals surface area (Å²) in [6.07, 6.45) is 4.16. The Morgan fingerprint density at radius 1 is 0.744 bits per heavy atom. The Bertz CT molecular complexity index is 1550. The Morgan fingerprint density at radius 2 is 1.37 bits per heavy atom. The molecule has 8 nitrogen and oxygen atoms in total. The van der Waals surface area contributed by atoms with E-state index in [1.807, 2.05) is 103 Å². The average molecular weight is 576 g/mol. The summed E-state index contributed by atoms with van der Waals surface area (Å²) in [6.45, 7) is 1.32. The second-order valence-electron chi connectivity index (χ2n) is 10.5. The third-order valence-corrected chi connectivity index (χ3v) is 7.51. The number of hydrogen-bond donors (Lipinski definition) is 0. The van der Waals surface area contributed by atoms with Crippen LogP contribution >= 0.6 is 0 Å². The van der Waals surface area contributed by atoms with Crippen LogP contribution in [0.4, 0.5) is 4.79 Å². The minimum Gasteiger partial charge on any atom is -0.445 e. The van der Waals surface area contributed by atoms with Gasteiger partial charge in [0.15, 0.2) is 12.2 Å². The third-order valence-electron chi connectivity index (χ3n) is 7.51. The fraction of sp³-hybridized carbons (Fsp3) is 0.229. The summed E-state index contributed by atoms with van der Waals surface area (Å²) < 4.78 is 24.2. The predicted octanol–water partition coefficient (Wildman–Crippen LogP) is 6.47. The van der Waals surface area contributed by atoms with E-state index >= 15 is 0 Å². The lowest BCUT2D eigenvalue weighted by Gasteiger charge is -2.28. The molecule has 3 atom stereocenters. The number of benzene rings is 3. The van der Waals surface area contributed by atoms with Gasteiger partial charge in [-0.2, -0.15) is 0 Å². The molecule has 0 unspecified atom stereocenters. The van der Waals surface area contributed by atoms with Gasteiger partial charge < -0.3 is 18.6 Å². The van der Waals surface area contributed by atoms with E-state index in [9.17, 15) is 4.79 Å². The number of carbonyl (C=O) groups is 1. The zero-order valence-corrected chi connectivity index (χ0v) is 23.7. The number of ether oxygens (including phenoxy) is 3. The largest absolute Gasteiger partial charge is 0.445 e. The molecule has 1 amide bonds. The van der Waals surface area contributed by atoms with Gasteiger partial charge in [-0.1, -0.05) is 97.1 Å². The first-order valence-electron chi connectivity index (χ1n) is 14.3.